The van der Waals surface area contributed by atoms with Gasteiger partial charge in [-0.1, -0.05) is 30.3 Å². The van der Waals surface area contributed by atoms with E-state index in [0.29, 0.717) is 28.7 Å². The molecule has 1 unspecified atom stereocenters. The number of pyridine rings is 1. The fourth-order valence-corrected chi connectivity index (χ4v) is 3.71. The van der Waals surface area contributed by atoms with Crippen molar-refractivity contribution < 1.29 is 19.0 Å². The van der Waals surface area contributed by atoms with Crippen LogP contribution in [0.4, 0.5) is 5.69 Å². The Labute approximate surface area is 192 Å². The predicted molar refractivity (Wildman–Crippen MR) is 127 cm³/mol. The summed E-state index contributed by atoms with van der Waals surface area (Å²) in [4.78, 5) is 17.5. The Kier molecular flexibility index (Phi) is 6.17. The second-order valence-corrected chi connectivity index (χ2v) is 7.60. The second-order valence-electron chi connectivity index (χ2n) is 7.60. The number of hydrogen-bond donors (Lipinski definition) is 1. The summed E-state index contributed by atoms with van der Waals surface area (Å²) in [6, 6.07) is 17.0. The number of nitrogens with one attached hydrogen (secondary N) is 1. The van der Waals surface area contributed by atoms with Crippen LogP contribution in [0.2, 0.25) is 0 Å². The van der Waals surface area contributed by atoms with Gasteiger partial charge in [0, 0.05) is 19.2 Å². The van der Waals surface area contributed by atoms with Crippen LogP contribution in [-0.4, -0.2) is 41.0 Å². The Hall–Kier alpha value is -4.07. The Bertz CT molecular complexity index is 1300. The molecule has 0 fully saturated rings. The predicted octanol–water partition coefficient (Wildman–Crippen LogP) is 4.37. The van der Waals surface area contributed by atoms with Crippen molar-refractivity contribution in [1.82, 2.24) is 14.8 Å². The van der Waals surface area contributed by atoms with Crippen molar-refractivity contribution in [2.24, 2.45) is 7.05 Å². The molecule has 0 aliphatic rings. The quantitative estimate of drug-likeness (QED) is 0.454. The number of benzene rings is 2. The van der Waals surface area contributed by atoms with Gasteiger partial charge in [-0.2, -0.15) is 10.1 Å². The van der Waals surface area contributed by atoms with E-state index in [1.165, 1.54) is 7.11 Å². The first-order chi connectivity index (χ1) is 15.9. The summed E-state index contributed by atoms with van der Waals surface area (Å²) in [6.45, 7) is 3.62. The number of fused-ring (bicyclic) bond motifs is 1. The Morgan fingerprint density at radius 3 is 2.52 bits per heavy atom. The van der Waals surface area contributed by atoms with Crippen LogP contribution in [0.25, 0.3) is 22.2 Å². The van der Waals surface area contributed by atoms with E-state index in [0.717, 1.165) is 22.2 Å². The molecular weight excluding hydrogens is 420 g/mol. The van der Waals surface area contributed by atoms with Gasteiger partial charge in [0.05, 0.1) is 31.0 Å². The zero-order valence-corrected chi connectivity index (χ0v) is 19.2. The minimum absolute atomic E-state index is 0.338. The van der Waals surface area contributed by atoms with E-state index in [4.69, 9.17) is 14.2 Å². The summed E-state index contributed by atoms with van der Waals surface area (Å²) in [5, 5.41) is 8.31. The SMILES string of the molecule is COc1ccc(OC)c(NC(=O)C(C)Oc2cc(-c3ccccc3)c3c(C)nn(C)c3n2)c1. The van der Waals surface area contributed by atoms with Gasteiger partial charge in [-0.25, -0.2) is 0 Å². The summed E-state index contributed by atoms with van der Waals surface area (Å²) in [7, 11) is 4.94. The number of nitrogens with zero attached hydrogens (tertiary/aromatic N) is 3. The number of amides is 1. The first kappa shape index (κ1) is 22.1. The third kappa shape index (κ3) is 4.45. The summed E-state index contributed by atoms with van der Waals surface area (Å²) in [5.41, 5.74) is 4.02. The zero-order valence-electron chi connectivity index (χ0n) is 19.2. The highest BCUT2D eigenvalue weighted by Crippen LogP contribution is 2.33. The van der Waals surface area contributed by atoms with Crippen molar-refractivity contribution in [3.63, 3.8) is 0 Å². The number of carbonyl (C=O) groups is 1. The topological polar surface area (TPSA) is 87.5 Å². The average molecular weight is 447 g/mol. The molecule has 0 spiro atoms. The summed E-state index contributed by atoms with van der Waals surface area (Å²) in [5.74, 6) is 1.12. The number of ether oxygens (including phenoxy) is 3. The Morgan fingerprint density at radius 2 is 1.82 bits per heavy atom. The van der Waals surface area contributed by atoms with Crippen LogP contribution in [0.3, 0.4) is 0 Å². The largest absolute Gasteiger partial charge is 0.497 e. The molecule has 2 aromatic heterocycles. The fourth-order valence-electron chi connectivity index (χ4n) is 3.71. The lowest BCUT2D eigenvalue weighted by molar-refractivity contribution is -0.122. The van der Waals surface area contributed by atoms with Gasteiger partial charge < -0.3 is 19.5 Å². The van der Waals surface area contributed by atoms with E-state index in [-0.39, 0.29) is 5.91 Å². The van der Waals surface area contributed by atoms with E-state index in [1.807, 2.05) is 50.4 Å². The van der Waals surface area contributed by atoms with Crippen LogP contribution in [0.15, 0.2) is 54.6 Å². The van der Waals surface area contributed by atoms with E-state index in [9.17, 15) is 4.79 Å². The molecule has 4 rings (SSSR count). The van der Waals surface area contributed by atoms with E-state index >= 15 is 0 Å². The number of aromatic nitrogens is 3. The Balaban J connectivity index is 1.64. The maximum atomic E-state index is 12.9. The average Bonchev–Trinajstić information content (AvgIpc) is 3.12. The standard InChI is InChI=1S/C25H26N4O4/c1-15-23-19(17-9-7-6-8-10-17)14-22(27-24(23)29(3)28-15)33-16(2)25(30)26-20-13-18(31-4)11-12-21(20)32-5/h6-14,16H,1-5H3,(H,26,30). The minimum Gasteiger partial charge on any atom is -0.497 e. The molecule has 4 aromatic rings. The lowest BCUT2D eigenvalue weighted by atomic mass is 10.0. The number of rotatable bonds is 7. The van der Waals surface area contributed by atoms with E-state index in [1.54, 1.807) is 36.9 Å². The monoisotopic (exact) mass is 446 g/mol. The molecule has 0 aliphatic heterocycles. The number of aryl methyl sites for hydroxylation is 2. The molecule has 1 amide bonds. The van der Waals surface area contributed by atoms with Crippen molar-refractivity contribution in [2.75, 3.05) is 19.5 Å². The molecule has 1 atom stereocenters. The van der Waals surface area contributed by atoms with Crippen LogP contribution in [-0.2, 0) is 11.8 Å². The molecule has 33 heavy (non-hydrogen) atoms. The summed E-state index contributed by atoms with van der Waals surface area (Å²) < 4.78 is 18.3. The van der Waals surface area contributed by atoms with Crippen molar-refractivity contribution in [3.8, 4) is 28.5 Å². The molecule has 8 nitrogen and oxygen atoms in total. The third-order valence-corrected chi connectivity index (χ3v) is 5.36. The Morgan fingerprint density at radius 1 is 1.06 bits per heavy atom. The lowest BCUT2D eigenvalue weighted by Crippen LogP contribution is -2.30. The summed E-state index contributed by atoms with van der Waals surface area (Å²) >= 11 is 0. The van der Waals surface area contributed by atoms with Gasteiger partial charge in [0.2, 0.25) is 5.88 Å². The van der Waals surface area contributed by atoms with Gasteiger partial charge in [0.1, 0.15) is 11.5 Å². The molecule has 1 N–H and O–H groups in total. The van der Waals surface area contributed by atoms with E-state index in [2.05, 4.69) is 15.4 Å². The van der Waals surface area contributed by atoms with Crippen LogP contribution >= 0.6 is 0 Å². The van der Waals surface area contributed by atoms with Crippen molar-refractivity contribution in [2.45, 2.75) is 20.0 Å². The number of hydrogen-bond acceptors (Lipinski definition) is 6. The van der Waals surface area contributed by atoms with Crippen LogP contribution in [0.5, 0.6) is 17.4 Å². The first-order valence-electron chi connectivity index (χ1n) is 10.5. The first-order valence-corrected chi connectivity index (χ1v) is 10.5. The molecule has 0 saturated heterocycles. The van der Waals surface area contributed by atoms with Crippen LogP contribution < -0.4 is 19.5 Å². The van der Waals surface area contributed by atoms with E-state index < -0.39 is 6.10 Å². The molecular formula is C25H26N4O4. The minimum atomic E-state index is -0.816. The highest BCUT2D eigenvalue weighted by atomic mass is 16.5. The molecule has 8 heteroatoms. The molecule has 0 saturated carbocycles. The number of carbonyl (C=O) groups excluding carboxylic acids is 1. The van der Waals surface area contributed by atoms with Crippen molar-refractivity contribution in [1.29, 1.82) is 0 Å². The van der Waals surface area contributed by atoms with Gasteiger partial charge in [0.15, 0.2) is 11.8 Å². The van der Waals surface area contributed by atoms with Crippen molar-refractivity contribution >= 4 is 22.6 Å². The number of anilines is 1. The molecule has 0 bridgehead atoms. The zero-order chi connectivity index (χ0) is 23.5. The van der Waals surface area contributed by atoms with Gasteiger partial charge in [-0.15, -0.1) is 0 Å². The summed E-state index contributed by atoms with van der Waals surface area (Å²) in [6.07, 6.45) is -0.816. The maximum Gasteiger partial charge on any atom is 0.265 e. The van der Waals surface area contributed by atoms with Crippen LogP contribution in [0, 0.1) is 6.92 Å². The van der Waals surface area contributed by atoms with Crippen molar-refractivity contribution in [3.05, 3.63) is 60.3 Å². The highest BCUT2D eigenvalue weighted by molar-refractivity contribution is 5.97. The fraction of sp³-hybridized carbons (Fsp3) is 0.240. The van der Waals surface area contributed by atoms with Gasteiger partial charge in [-0.3, -0.25) is 9.48 Å². The molecule has 2 aromatic carbocycles. The molecule has 0 radical (unpaired) electrons. The number of methoxy groups -OCH3 is 2. The molecule has 0 aliphatic carbocycles. The third-order valence-electron chi connectivity index (χ3n) is 5.36. The molecule has 170 valence electrons. The van der Waals surface area contributed by atoms with Crippen LogP contribution in [0.1, 0.15) is 12.6 Å². The molecule has 2 heterocycles. The van der Waals surface area contributed by atoms with Gasteiger partial charge >= 0.3 is 0 Å². The smallest absolute Gasteiger partial charge is 0.265 e. The van der Waals surface area contributed by atoms with Gasteiger partial charge in [0.25, 0.3) is 5.91 Å². The van der Waals surface area contributed by atoms with Gasteiger partial charge in [-0.05, 0) is 37.1 Å². The maximum absolute atomic E-state index is 12.9. The second kappa shape index (κ2) is 9.20. The normalized spacial score (nSPS) is 11.8. The lowest BCUT2D eigenvalue weighted by Gasteiger charge is -2.17. The highest BCUT2D eigenvalue weighted by Gasteiger charge is 2.21.